The lowest BCUT2D eigenvalue weighted by Gasteiger charge is -2.20. The number of benzene rings is 1. The summed E-state index contributed by atoms with van der Waals surface area (Å²) in [6, 6.07) is 7.62. The molecule has 20 heavy (non-hydrogen) atoms. The van der Waals surface area contributed by atoms with E-state index in [2.05, 4.69) is 31.1 Å². The van der Waals surface area contributed by atoms with Crippen molar-refractivity contribution in [2.45, 2.75) is 37.6 Å². The van der Waals surface area contributed by atoms with E-state index in [1.165, 1.54) is 6.26 Å². The first-order valence-corrected chi connectivity index (χ1v) is 8.94. The number of nitrogens with zero attached hydrogens (tertiary/aromatic N) is 1. The first kappa shape index (κ1) is 17.0. The van der Waals surface area contributed by atoms with Gasteiger partial charge in [0.1, 0.15) is 0 Å². The molecule has 0 saturated heterocycles. The van der Waals surface area contributed by atoms with E-state index in [4.69, 9.17) is 0 Å². The highest BCUT2D eigenvalue weighted by Crippen LogP contribution is 2.20. The summed E-state index contributed by atoms with van der Waals surface area (Å²) < 4.78 is 23.3. The Morgan fingerprint density at radius 2 is 1.85 bits per heavy atom. The molecule has 1 aromatic carbocycles. The second-order valence-electron chi connectivity index (χ2n) is 5.48. The van der Waals surface area contributed by atoms with Crippen molar-refractivity contribution in [3.8, 4) is 0 Å². The SMILES string of the molecule is CC(C)N(C)CCCCNc1ccccc1S(C)(=O)=O. The molecule has 0 amide bonds. The topological polar surface area (TPSA) is 49.4 Å². The molecule has 0 bridgehead atoms. The van der Waals surface area contributed by atoms with Gasteiger partial charge >= 0.3 is 0 Å². The van der Waals surface area contributed by atoms with Crippen LogP contribution in [0.15, 0.2) is 29.2 Å². The van der Waals surface area contributed by atoms with Crippen LogP contribution in [0.4, 0.5) is 5.69 Å². The normalized spacial score (nSPS) is 12.1. The molecule has 1 aromatic rings. The fourth-order valence-corrected chi connectivity index (χ4v) is 2.77. The van der Waals surface area contributed by atoms with Gasteiger partial charge in [0.2, 0.25) is 0 Å². The van der Waals surface area contributed by atoms with Gasteiger partial charge in [0.15, 0.2) is 9.84 Å². The minimum atomic E-state index is -3.17. The zero-order valence-corrected chi connectivity index (χ0v) is 13.7. The molecule has 0 unspecified atom stereocenters. The van der Waals surface area contributed by atoms with Crippen LogP contribution in [0.1, 0.15) is 26.7 Å². The van der Waals surface area contributed by atoms with Crippen LogP contribution < -0.4 is 5.32 Å². The average Bonchev–Trinajstić information content (AvgIpc) is 2.37. The molecular weight excluding hydrogens is 272 g/mol. The van der Waals surface area contributed by atoms with Gasteiger partial charge in [-0.05, 0) is 52.4 Å². The van der Waals surface area contributed by atoms with Crippen LogP contribution in [0, 0.1) is 0 Å². The summed E-state index contributed by atoms with van der Waals surface area (Å²) >= 11 is 0. The quantitative estimate of drug-likeness (QED) is 0.750. The van der Waals surface area contributed by atoms with Crippen molar-refractivity contribution >= 4 is 15.5 Å². The largest absolute Gasteiger partial charge is 0.384 e. The van der Waals surface area contributed by atoms with Crippen molar-refractivity contribution in [2.24, 2.45) is 0 Å². The summed E-state index contributed by atoms with van der Waals surface area (Å²) in [6.45, 7) is 6.22. The standard InChI is InChI=1S/C15H26N2O2S/c1-13(2)17(3)12-8-7-11-16-14-9-5-6-10-15(14)20(4,18)19/h5-6,9-10,13,16H,7-8,11-12H2,1-4H3. The number of sulfone groups is 1. The van der Waals surface area contributed by atoms with E-state index in [1.54, 1.807) is 12.1 Å². The smallest absolute Gasteiger partial charge is 0.177 e. The van der Waals surface area contributed by atoms with Gasteiger partial charge < -0.3 is 10.2 Å². The zero-order chi connectivity index (χ0) is 15.2. The Balaban J connectivity index is 2.44. The van der Waals surface area contributed by atoms with E-state index in [-0.39, 0.29) is 0 Å². The Kier molecular flexibility index (Phi) is 6.49. The summed E-state index contributed by atoms with van der Waals surface area (Å²) in [7, 11) is -1.05. The summed E-state index contributed by atoms with van der Waals surface area (Å²) in [5, 5.41) is 3.23. The number of hydrogen-bond donors (Lipinski definition) is 1. The van der Waals surface area contributed by atoms with E-state index in [1.807, 2.05) is 12.1 Å². The minimum absolute atomic E-state index is 0.374. The van der Waals surface area contributed by atoms with Gasteiger partial charge in [0.05, 0.1) is 10.6 Å². The van der Waals surface area contributed by atoms with Gasteiger partial charge in [0, 0.05) is 18.8 Å². The monoisotopic (exact) mass is 298 g/mol. The molecule has 0 radical (unpaired) electrons. The molecule has 0 heterocycles. The molecule has 5 heteroatoms. The highest BCUT2D eigenvalue weighted by Gasteiger charge is 2.11. The van der Waals surface area contributed by atoms with Crippen LogP contribution in [0.25, 0.3) is 0 Å². The van der Waals surface area contributed by atoms with Crippen LogP contribution in [-0.4, -0.2) is 45.8 Å². The summed E-state index contributed by atoms with van der Waals surface area (Å²) in [6.07, 6.45) is 3.36. The molecule has 0 atom stereocenters. The van der Waals surface area contributed by atoms with Crippen LogP contribution >= 0.6 is 0 Å². The van der Waals surface area contributed by atoms with Crippen LogP contribution in [0.5, 0.6) is 0 Å². The third-order valence-electron chi connectivity index (χ3n) is 3.42. The number of anilines is 1. The highest BCUT2D eigenvalue weighted by atomic mass is 32.2. The fraction of sp³-hybridized carbons (Fsp3) is 0.600. The van der Waals surface area contributed by atoms with Gasteiger partial charge in [-0.2, -0.15) is 0 Å². The summed E-state index contributed by atoms with van der Waals surface area (Å²) in [5.74, 6) is 0. The third-order valence-corrected chi connectivity index (χ3v) is 4.58. The molecule has 0 aliphatic rings. The lowest BCUT2D eigenvalue weighted by atomic mass is 10.2. The minimum Gasteiger partial charge on any atom is -0.384 e. The third kappa shape index (κ3) is 5.51. The number of para-hydroxylation sites is 1. The predicted molar refractivity (Wildman–Crippen MR) is 85.0 cm³/mol. The molecule has 0 fully saturated rings. The van der Waals surface area contributed by atoms with Crippen molar-refractivity contribution in [3.63, 3.8) is 0 Å². The fourth-order valence-electron chi connectivity index (χ4n) is 1.90. The van der Waals surface area contributed by atoms with Crippen molar-refractivity contribution in [3.05, 3.63) is 24.3 Å². The Labute approximate surface area is 123 Å². The average molecular weight is 298 g/mol. The summed E-state index contributed by atoms with van der Waals surface area (Å²) in [4.78, 5) is 2.68. The van der Waals surface area contributed by atoms with E-state index in [0.29, 0.717) is 16.6 Å². The Hall–Kier alpha value is -1.07. The first-order chi connectivity index (χ1) is 9.32. The Morgan fingerprint density at radius 3 is 2.45 bits per heavy atom. The zero-order valence-electron chi connectivity index (χ0n) is 12.9. The number of rotatable bonds is 8. The maximum Gasteiger partial charge on any atom is 0.177 e. The lowest BCUT2D eigenvalue weighted by molar-refractivity contribution is 0.269. The van der Waals surface area contributed by atoms with Gasteiger partial charge in [-0.3, -0.25) is 0 Å². The highest BCUT2D eigenvalue weighted by molar-refractivity contribution is 7.90. The molecule has 114 valence electrons. The molecule has 0 spiro atoms. The van der Waals surface area contributed by atoms with Crippen LogP contribution in [0.2, 0.25) is 0 Å². The molecule has 0 aliphatic heterocycles. The van der Waals surface area contributed by atoms with Gasteiger partial charge in [-0.15, -0.1) is 0 Å². The molecule has 1 rings (SSSR count). The Morgan fingerprint density at radius 1 is 1.20 bits per heavy atom. The van der Waals surface area contributed by atoms with Crippen LogP contribution in [0.3, 0.4) is 0 Å². The van der Waals surface area contributed by atoms with Crippen molar-refractivity contribution in [1.82, 2.24) is 4.90 Å². The second-order valence-corrected chi connectivity index (χ2v) is 7.46. The Bertz CT molecular complexity index is 512. The van der Waals surface area contributed by atoms with Gasteiger partial charge in [0.25, 0.3) is 0 Å². The lowest BCUT2D eigenvalue weighted by Crippen LogP contribution is -2.27. The molecule has 0 saturated carbocycles. The number of unbranched alkanes of at least 4 members (excludes halogenated alkanes) is 1. The van der Waals surface area contributed by atoms with Crippen molar-refractivity contribution in [2.75, 3.05) is 31.7 Å². The molecule has 0 aliphatic carbocycles. The molecular formula is C15H26N2O2S. The number of hydrogen-bond acceptors (Lipinski definition) is 4. The second kappa shape index (κ2) is 7.64. The predicted octanol–water partition coefficient (Wildman–Crippen LogP) is 2.62. The molecule has 1 N–H and O–H groups in total. The van der Waals surface area contributed by atoms with Crippen molar-refractivity contribution < 1.29 is 8.42 Å². The van der Waals surface area contributed by atoms with E-state index in [9.17, 15) is 8.42 Å². The number of nitrogens with one attached hydrogen (secondary N) is 1. The molecule has 0 aromatic heterocycles. The maximum atomic E-state index is 11.7. The van der Waals surface area contributed by atoms with Crippen LogP contribution in [-0.2, 0) is 9.84 Å². The maximum absolute atomic E-state index is 11.7. The van der Waals surface area contributed by atoms with Gasteiger partial charge in [-0.1, -0.05) is 12.1 Å². The van der Waals surface area contributed by atoms with E-state index < -0.39 is 9.84 Å². The van der Waals surface area contributed by atoms with E-state index >= 15 is 0 Å². The van der Waals surface area contributed by atoms with Crippen molar-refractivity contribution in [1.29, 1.82) is 0 Å². The summed E-state index contributed by atoms with van der Waals surface area (Å²) in [5.41, 5.74) is 0.701. The van der Waals surface area contributed by atoms with Gasteiger partial charge in [-0.25, -0.2) is 8.42 Å². The molecule has 4 nitrogen and oxygen atoms in total. The first-order valence-electron chi connectivity index (χ1n) is 7.05. The van der Waals surface area contributed by atoms with E-state index in [0.717, 1.165) is 25.9 Å².